The summed E-state index contributed by atoms with van der Waals surface area (Å²) >= 11 is 5.99. The molecular formula is C16H11ClFN3O2. The minimum absolute atomic E-state index is 0.226. The topological polar surface area (TPSA) is 68.0 Å². The van der Waals surface area contributed by atoms with E-state index in [2.05, 4.69) is 10.3 Å². The zero-order valence-electron chi connectivity index (χ0n) is 12.0. The lowest BCUT2D eigenvalue weighted by Crippen LogP contribution is -2.05. The van der Waals surface area contributed by atoms with Crippen molar-refractivity contribution in [3.05, 3.63) is 64.6 Å². The summed E-state index contributed by atoms with van der Waals surface area (Å²) in [4.78, 5) is 11.5. The lowest BCUT2D eigenvalue weighted by Gasteiger charge is -2.10. The van der Waals surface area contributed by atoms with Gasteiger partial charge in [0.15, 0.2) is 5.69 Å². The molecule has 0 aliphatic carbocycles. The summed E-state index contributed by atoms with van der Waals surface area (Å²) in [5.74, 6) is -1.67. The van der Waals surface area contributed by atoms with Crippen molar-refractivity contribution in [3.8, 4) is 16.9 Å². The lowest BCUT2D eigenvalue weighted by molar-refractivity contribution is 0.0691. The van der Waals surface area contributed by atoms with Gasteiger partial charge in [0, 0.05) is 10.6 Å². The van der Waals surface area contributed by atoms with E-state index in [1.165, 1.54) is 16.8 Å². The quantitative estimate of drug-likeness (QED) is 0.794. The molecule has 23 heavy (non-hydrogen) atoms. The molecule has 0 aliphatic rings. The van der Waals surface area contributed by atoms with Crippen LogP contribution in [0.2, 0.25) is 5.02 Å². The molecular weight excluding hydrogens is 321 g/mol. The highest BCUT2D eigenvalue weighted by atomic mass is 35.5. The molecule has 1 heterocycles. The number of rotatable bonds is 3. The number of carbonyl (C=O) groups is 1. The van der Waals surface area contributed by atoms with Gasteiger partial charge in [0.1, 0.15) is 11.5 Å². The molecule has 0 unspecified atom stereocenters. The molecule has 0 saturated heterocycles. The molecule has 116 valence electrons. The van der Waals surface area contributed by atoms with Gasteiger partial charge in [-0.05, 0) is 36.8 Å². The normalized spacial score (nSPS) is 10.7. The van der Waals surface area contributed by atoms with E-state index in [0.29, 0.717) is 16.3 Å². The fourth-order valence-corrected chi connectivity index (χ4v) is 2.49. The first-order chi connectivity index (χ1) is 11.0. The van der Waals surface area contributed by atoms with Crippen LogP contribution in [0.1, 0.15) is 16.1 Å². The van der Waals surface area contributed by atoms with Crippen LogP contribution in [0, 0.1) is 12.7 Å². The van der Waals surface area contributed by atoms with Gasteiger partial charge < -0.3 is 5.11 Å². The summed E-state index contributed by atoms with van der Waals surface area (Å²) in [5, 5.41) is 17.4. The number of nitrogens with zero attached hydrogens (tertiary/aromatic N) is 3. The molecule has 2 aromatic carbocycles. The molecule has 0 saturated carbocycles. The number of aromatic carboxylic acids is 1. The summed E-state index contributed by atoms with van der Waals surface area (Å²) < 4.78 is 14.9. The van der Waals surface area contributed by atoms with Gasteiger partial charge >= 0.3 is 5.97 Å². The molecule has 0 radical (unpaired) electrons. The number of benzene rings is 2. The van der Waals surface area contributed by atoms with Crippen LogP contribution >= 0.6 is 11.6 Å². The minimum Gasteiger partial charge on any atom is -0.476 e. The Morgan fingerprint density at radius 3 is 2.74 bits per heavy atom. The Balaban J connectivity index is 2.31. The maximum atomic E-state index is 13.6. The largest absolute Gasteiger partial charge is 0.476 e. The third-order valence-electron chi connectivity index (χ3n) is 3.37. The molecule has 0 aliphatic heterocycles. The number of carboxylic acids is 1. The fourth-order valence-electron chi connectivity index (χ4n) is 2.30. The maximum Gasteiger partial charge on any atom is 0.358 e. The fraction of sp³-hybridized carbons (Fsp3) is 0.0625. The molecule has 7 heteroatoms. The van der Waals surface area contributed by atoms with Crippen LogP contribution in [0.3, 0.4) is 0 Å². The molecule has 0 bridgehead atoms. The van der Waals surface area contributed by atoms with Gasteiger partial charge in [-0.25, -0.2) is 13.9 Å². The van der Waals surface area contributed by atoms with E-state index in [9.17, 15) is 14.3 Å². The number of aryl methyl sites for hydroxylation is 1. The molecule has 1 N–H and O–H groups in total. The molecule has 3 rings (SSSR count). The SMILES string of the molecule is Cc1ccc(F)cc1-n1nnc(C(=O)O)c1-c1cccc(Cl)c1. The smallest absolute Gasteiger partial charge is 0.358 e. The number of carboxylic acid groups (broad SMARTS) is 1. The lowest BCUT2D eigenvalue weighted by atomic mass is 10.1. The van der Waals surface area contributed by atoms with Crippen molar-refractivity contribution in [3.63, 3.8) is 0 Å². The number of halogens is 2. The van der Waals surface area contributed by atoms with E-state index in [-0.39, 0.29) is 11.4 Å². The molecule has 0 fully saturated rings. The first kappa shape index (κ1) is 15.2. The summed E-state index contributed by atoms with van der Waals surface area (Å²) in [6.45, 7) is 1.78. The van der Waals surface area contributed by atoms with Gasteiger partial charge in [-0.15, -0.1) is 5.10 Å². The highest BCUT2D eigenvalue weighted by Gasteiger charge is 2.22. The Hall–Kier alpha value is -2.73. The van der Waals surface area contributed by atoms with Crippen LogP contribution in [-0.2, 0) is 0 Å². The van der Waals surface area contributed by atoms with Crippen LogP contribution in [0.15, 0.2) is 42.5 Å². The minimum atomic E-state index is -1.22. The van der Waals surface area contributed by atoms with E-state index >= 15 is 0 Å². The molecule has 5 nitrogen and oxygen atoms in total. The van der Waals surface area contributed by atoms with E-state index in [1.54, 1.807) is 37.3 Å². The third kappa shape index (κ3) is 2.80. The Morgan fingerprint density at radius 1 is 1.26 bits per heavy atom. The van der Waals surface area contributed by atoms with Gasteiger partial charge in [0.25, 0.3) is 0 Å². The zero-order valence-corrected chi connectivity index (χ0v) is 12.8. The van der Waals surface area contributed by atoms with E-state index in [0.717, 1.165) is 5.56 Å². The van der Waals surface area contributed by atoms with Gasteiger partial charge in [-0.1, -0.05) is 35.0 Å². The van der Waals surface area contributed by atoms with Crippen LogP contribution in [-0.4, -0.2) is 26.1 Å². The van der Waals surface area contributed by atoms with Gasteiger partial charge in [-0.3, -0.25) is 0 Å². The van der Waals surface area contributed by atoms with Crippen LogP contribution in [0.5, 0.6) is 0 Å². The predicted molar refractivity (Wildman–Crippen MR) is 83.5 cm³/mol. The molecule has 0 spiro atoms. The van der Waals surface area contributed by atoms with Crippen molar-refractivity contribution in [2.24, 2.45) is 0 Å². The molecule has 1 aromatic heterocycles. The summed E-state index contributed by atoms with van der Waals surface area (Å²) in [6, 6.07) is 10.9. The summed E-state index contributed by atoms with van der Waals surface area (Å²) in [7, 11) is 0. The molecule has 0 atom stereocenters. The third-order valence-corrected chi connectivity index (χ3v) is 3.61. The van der Waals surface area contributed by atoms with Crippen molar-refractivity contribution in [2.75, 3.05) is 0 Å². The predicted octanol–water partition coefficient (Wildman–Crippen LogP) is 3.73. The van der Waals surface area contributed by atoms with Gasteiger partial charge in [0.2, 0.25) is 0 Å². The molecule has 0 amide bonds. The van der Waals surface area contributed by atoms with Crippen molar-refractivity contribution >= 4 is 17.6 Å². The van der Waals surface area contributed by atoms with E-state index in [4.69, 9.17) is 11.6 Å². The second-order valence-corrected chi connectivity index (χ2v) is 5.38. The second kappa shape index (κ2) is 5.81. The van der Waals surface area contributed by atoms with Gasteiger partial charge in [0.05, 0.1) is 5.69 Å². The van der Waals surface area contributed by atoms with Crippen LogP contribution < -0.4 is 0 Å². The van der Waals surface area contributed by atoms with Crippen molar-refractivity contribution in [1.82, 2.24) is 15.0 Å². The highest BCUT2D eigenvalue weighted by Crippen LogP contribution is 2.28. The number of aromatic nitrogens is 3. The Labute approximate surface area is 135 Å². The maximum absolute atomic E-state index is 13.6. The molecule has 3 aromatic rings. The monoisotopic (exact) mass is 331 g/mol. The Kier molecular flexibility index (Phi) is 3.83. The summed E-state index contributed by atoms with van der Waals surface area (Å²) in [5.41, 5.74) is 1.70. The number of hydrogen-bond donors (Lipinski definition) is 1. The average molecular weight is 332 g/mol. The number of hydrogen-bond acceptors (Lipinski definition) is 3. The first-order valence-electron chi connectivity index (χ1n) is 6.69. The Bertz CT molecular complexity index is 908. The zero-order chi connectivity index (χ0) is 16.6. The van der Waals surface area contributed by atoms with Crippen molar-refractivity contribution < 1.29 is 14.3 Å². The van der Waals surface area contributed by atoms with Gasteiger partial charge in [-0.2, -0.15) is 0 Å². The highest BCUT2D eigenvalue weighted by molar-refractivity contribution is 6.30. The van der Waals surface area contributed by atoms with E-state index in [1.807, 2.05) is 0 Å². The van der Waals surface area contributed by atoms with Crippen LogP contribution in [0.25, 0.3) is 16.9 Å². The average Bonchev–Trinajstić information content (AvgIpc) is 2.94. The second-order valence-electron chi connectivity index (χ2n) is 4.94. The standard InChI is InChI=1S/C16H11ClFN3O2/c1-9-5-6-12(18)8-13(9)21-15(14(16(22)23)19-20-21)10-3-2-4-11(17)7-10/h2-8H,1H3,(H,22,23). The van der Waals surface area contributed by atoms with Crippen molar-refractivity contribution in [1.29, 1.82) is 0 Å². The Morgan fingerprint density at radius 2 is 2.04 bits per heavy atom. The summed E-state index contributed by atoms with van der Waals surface area (Å²) in [6.07, 6.45) is 0. The van der Waals surface area contributed by atoms with Crippen molar-refractivity contribution in [2.45, 2.75) is 6.92 Å². The van der Waals surface area contributed by atoms with Crippen LogP contribution in [0.4, 0.5) is 4.39 Å². The first-order valence-corrected chi connectivity index (χ1v) is 7.06. The van der Waals surface area contributed by atoms with E-state index < -0.39 is 11.8 Å².